The third-order valence-electron chi connectivity index (χ3n) is 2.64. The first-order valence-electron chi connectivity index (χ1n) is 5.42. The zero-order chi connectivity index (χ0) is 13.0. The highest BCUT2D eigenvalue weighted by molar-refractivity contribution is 7.17. The second-order valence-electron chi connectivity index (χ2n) is 3.92. The first kappa shape index (κ1) is 12.4. The monoisotopic (exact) mass is 261 g/mol. The Kier molecular flexibility index (Phi) is 3.82. The van der Waals surface area contributed by atoms with Crippen LogP contribution in [0.5, 0.6) is 0 Å². The quantitative estimate of drug-likeness (QED) is 0.506. The maximum Gasteiger partial charge on any atom is 0.303 e. The largest absolute Gasteiger partial charge is 0.481 e. The van der Waals surface area contributed by atoms with Crippen molar-refractivity contribution < 1.29 is 9.90 Å². The SMILES string of the molecule is [N-]=[N+]=N[C@@H](CC(=O)O)Cc1csc2ccccc12. The highest BCUT2D eigenvalue weighted by Crippen LogP contribution is 2.27. The van der Waals surface area contributed by atoms with Gasteiger partial charge in [0.1, 0.15) is 0 Å². The molecular weight excluding hydrogens is 250 g/mol. The number of hydrogen-bond acceptors (Lipinski definition) is 3. The lowest BCUT2D eigenvalue weighted by atomic mass is 10.0. The molecule has 0 radical (unpaired) electrons. The zero-order valence-electron chi connectivity index (χ0n) is 9.48. The summed E-state index contributed by atoms with van der Waals surface area (Å²) in [6.07, 6.45) is 0.314. The van der Waals surface area contributed by atoms with Gasteiger partial charge in [-0.3, -0.25) is 4.79 Å². The van der Waals surface area contributed by atoms with Gasteiger partial charge in [-0.2, -0.15) is 0 Å². The summed E-state index contributed by atoms with van der Waals surface area (Å²) in [4.78, 5) is 13.4. The van der Waals surface area contributed by atoms with Gasteiger partial charge in [0.15, 0.2) is 0 Å². The number of carboxylic acid groups (broad SMARTS) is 1. The van der Waals surface area contributed by atoms with Gasteiger partial charge in [-0.1, -0.05) is 23.3 Å². The van der Waals surface area contributed by atoms with E-state index in [1.165, 1.54) is 0 Å². The van der Waals surface area contributed by atoms with Crippen molar-refractivity contribution in [3.63, 3.8) is 0 Å². The van der Waals surface area contributed by atoms with Gasteiger partial charge in [-0.05, 0) is 34.3 Å². The van der Waals surface area contributed by atoms with Crippen LogP contribution in [0.15, 0.2) is 34.8 Å². The van der Waals surface area contributed by atoms with Gasteiger partial charge in [0.25, 0.3) is 0 Å². The van der Waals surface area contributed by atoms with Crippen LogP contribution in [0, 0.1) is 0 Å². The van der Waals surface area contributed by atoms with E-state index in [2.05, 4.69) is 10.0 Å². The molecular formula is C12H11N3O2S. The number of nitrogens with zero attached hydrogens (tertiary/aromatic N) is 3. The standard InChI is InChI=1S/C12H11N3O2S/c13-15-14-9(6-12(16)17)5-8-7-18-11-4-2-1-3-10(8)11/h1-4,7,9H,5-6H2,(H,16,17)/t9-/m1/s1. The Bertz CT molecular complexity index is 617. The van der Waals surface area contributed by atoms with Crippen LogP contribution >= 0.6 is 11.3 Å². The van der Waals surface area contributed by atoms with E-state index in [1.807, 2.05) is 29.6 Å². The van der Waals surface area contributed by atoms with Crippen molar-refractivity contribution in [1.29, 1.82) is 0 Å². The molecule has 1 aromatic carbocycles. The van der Waals surface area contributed by atoms with Gasteiger partial charge in [0.05, 0.1) is 12.5 Å². The van der Waals surface area contributed by atoms with Crippen molar-refractivity contribution >= 4 is 27.4 Å². The van der Waals surface area contributed by atoms with E-state index in [-0.39, 0.29) is 6.42 Å². The molecule has 92 valence electrons. The predicted octanol–water partition coefficient (Wildman–Crippen LogP) is 3.60. The van der Waals surface area contributed by atoms with E-state index in [0.29, 0.717) is 6.42 Å². The molecule has 18 heavy (non-hydrogen) atoms. The van der Waals surface area contributed by atoms with Crippen molar-refractivity contribution in [2.45, 2.75) is 18.9 Å². The molecule has 0 amide bonds. The first-order chi connectivity index (χ1) is 8.70. The molecule has 0 saturated carbocycles. The minimum atomic E-state index is -0.952. The van der Waals surface area contributed by atoms with Gasteiger partial charge in [0.2, 0.25) is 0 Å². The molecule has 0 bridgehead atoms. The number of hydrogen-bond donors (Lipinski definition) is 1. The molecule has 6 heteroatoms. The zero-order valence-corrected chi connectivity index (χ0v) is 10.3. The number of fused-ring (bicyclic) bond motifs is 1. The average molecular weight is 261 g/mol. The van der Waals surface area contributed by atoms with Crippen molar-refractivity contribution in [3.05, 3.63) is 45.7 Å². The maximum atomic E-state index is 10.7. The molecule has 2 rings (SSSR count). The molecule has 0 aliphatic rings. The first-order valence-corrected chi connectivity index (χ1v) is 6.30. The topological polar surface area (TPSA) is 86.1 Å². The fourth-order valence-corrected chi connectivity index (χ4v) is 2.85. The molecule has 0 aliphatic heterocycles. The molecule has 5 nitrogen and oxygen atoms in total. The lowest BCUT2D eigenvalue weighted by molar-refractivity contribution is -0.137. The van der Waals surface area contributed by atoms with Crippen LogP contribution < -0.4 is 0 Å². The Labute approximate surface area is 107 Å². The summed E-state index contributed by atoms with van der Waals surface area (Å²) in [5.74, 6) is -0.952. The summed E-state index contributed by atoms with van der Waals surface area (Å²) in [6, 6.07) is 7.38. The van der Waals surface area contributed by atoms with Crippen LogP contribution in [-0.2, 0) is 11.2 Å². The smallest absolute Gasteiger partial charge is 0.303 e. The Morgan fingerprint density at radius 2 is 2.28 bits per heavy atom. The number of carbonyl (C=O) groups is 1. The van der Waals surface area contributed by atoms with E-state index in [9.17, 15) is 4.79 Å². The highest BCUT2D eigenvalue weighted by Gasteiger charge is 2.14. The Morgan fingerprint density at radius 1 is 1.50 bits per heavy atom. The summed E-state index contributed by atoms with van der Waals surface area (Å²) >= 11 is 1.61. The van der Waals surface area contributed by atoms with Crippen molar-refractivity contribution in [1.82, 2.24) is 0 Å². The summed E-state index contributed by atoms with van der Waals surface area (Å²) in [6.45, 7) is 0. The van der Waals surface area contributed by atoms with Crippen LogP contribution in [0.4, 0.5) is 0 Å². The number of rotatable bonds is 5. The number of thiophene rings is 1. The normalized spacial score (nSPS) is 12.0. The van der Waals surface area contributed by atoms with Gasteiger partial charge in [0, 0.05) is 9.61 Å². The van der Waals surface area contributed by atoms with E-state index in [0.717, 1.165) is 15.6 Å². The van der Waals surface area contributed by atoms with Crippen molar-refractivity contribution in [3.8, 4) is 0 Å². The van der Waals surface area contributed by atoms with Crippen LogP contribution in [0.3, 0.4) is 0 Å². The minimum Gasteiger partial charge on any atom is -0.481 e. The van der Waals surface area contributed by atoms with Crippen LogP contribution in [-0.4, -0.2) is 17.1 Å². The van der Waals surface area contributed by atoms with Gasteiger partial charge in [-0.25, -0.2) is 0 Å². The molecule has 0 aliphatic carbocycles. The summed E-state index contributed by atoms with van der Waals surface area (Å²) in [5, 5.41) is 15.4. The fraction of sp³-hybridized carbons (Fsp3) is 0.250. The van der Waals surface area contributed by atoms with Gasteiger partial charge < -0.3 is 5.11 Å². The number of aliphatic carboxylic acids is 1. The van der Waals surface area contributed by atoms with E-state index >= 15 is 0 Å². The number of azide groups is 1. The van der Waals surface area contributed by atoms with Crippen molar-refractivity contribution in [2.24, 2.45) is 5.11 Å². The number of benzene rings is 1. The lowest BCUT2D eigenvalue weighted by Crippen LogP contribution is -2.13. The predicted molar refractivity (Wildman–Crippen MR) is 70.7 cm³/mol. The van der Waals surface area contributed by atoms with E-state index in [1.54, 1.807) is 11.3 Å². The molecule has 1 heterocycles. The molecule has 0 fully saturated rings. The Balaban J connectivity index is 2.25. The minimum absolute atomic E-state index is 0.145. The van der Waals surface area contributed by atoms with Crippen LogP contribution in [0.1, 0.15) is 12.0 Å². The molecule has 1 N–H and O–H groups in total. The van der Waals surface area contributed by atoms with Gasteiger partial charge >= 0.3 is 5.97 Å². The molecule has 1 aromatic heterocycles. The van der Waals surface area contributed by atoms with E-state index in [4.69, 9.17) is 10.6 Å². The van der Waals surface area contributed by atoms with E-state index < -0.39 is 12.0 Å². The third kappa shape index (κ3) is 2.80. The maximum absolute atomic E-state index is 10.7. The third-order valence-corrected chi connectivity index (χ3v) is 3.65. The van der Waals surface area contributed by atoms with Crippen LogP contribution in [0.25, 0.3) is 20.5 Å². The number of carboxylic acids is 1. The summed E-state index contributed by atoms with van der Waals surface area (Å²) in [7, 11) is 0. The second kappa shape index (κ2) is 5.53. The summed E-state index contributed by atoms with van der Waals surface area (Å²) < 4.78 is 1.16. The average Bonchev–Trinajstić information content (AvgIpc) is 2.72. The summed E-state index contributed by atoms with van der Waals surface area (Å²) in [5.41, 5.74) is 9.50. The Hall–Kier alpha value is -2.04. The van der Waals surface area contributed by atoms with Crippen LogP contribution in [0.2, 0.25) is 0 Å². The molecule has 0 unspecified atom stereocenters. The molecule has 0 saturated heterocycles. The molecule has 1 atom stereocenters. The highest BCUT2D eigenvalue weighted by atomic mass is 32.1. The Morgan fingerprint density at radius 3 is 3.00 bits per heavy atom. The lowest BCUT2D eigenvalue weighted by Gasteiger charge is -2.07. The molecule has 0 spiro atoms. The molecule has 2 aromatic rings. The fourth-order valence-electron chi connectivity index (χ4n) is 1.87. The van der Waals surface area contributed by atoms with Gasteiger partial charge in [-0.15, -0.1) is 11.3 Å². The van der Waals surface area contributed by atoms with Crippen molar-refractivity contribution in [2.75, 3.05) is 0 Å². The second-order valence-corrected chi connectivity index (χ2v) is 4.83.